The van der Waals surface area contributed by atoms with Crippen LogP contribution in [0.2, 0.25) is 0 Å². The average molecular weight is 390 g/mol. The van der Waals surface area contributed by atoms with E-state index in [0.717, 1.165) is 11.1 Å². The molecule has 1 aromatic carbocycles. The number of benzene rings is 1. The van der Waals surface area contributed by atoms with E-state index in [-0.39, 0.29) is 18.1 Å². The molecule has 3 rings (SSSR count). The summed E-state index contributed by atoms with van der Waals surface area (Å²) in [6.07, 6.45) is 2.48. The first kappa shape index (κ1) is 19.5. The molecular weight excluding hydrogens is 368 g/mol. The standard InChI is InChI=1S/C18H22N4O6/c1-26-14-8-11-4-6-21(7-5-12(11)16(27-2)17(14)28-3)15(23)10-22-9-13(18(24)25)19-20-22/h8-9H,4-7,10H2,1-3H3,(H,24,25). The fraction of sp³-hybridized carbons (Fsp3) is 0.444. The minimum atomic E-state index is -1.18. The molecule has 1 aromatic heterocycles. The number of carbonyl (C=O) groups is 2. The lowest BCUT2D eigenvalue weighted by molar-refractivity contribution is -0.132. The Hall–Kier alpha value is -3.30. The second-order valence-electron chi connectivity index (χ2n) is 6.27. The van der Waals surface area contributed by atoms with Crippen LogP contribution in [0.5, 0.6) is 17.2 Å². The Morgan fingerprint density at radius 1 is 1.11 bits per heavy atom. The Morgan fingerprint density at radius 2 is 1.82 bits per heavy atom. The number of ether oxygens (including phenoxy) is 3. The molecule has 10 heteroatoms. The third-order valence-corrected chi connectivity index (χ3v) is 4.72. The summed E-state index contributed by atoms with van der Waals surface area (Å²) >= 11 is 0. The van der Waals surface area contributed by atoms with Gasteiger partial charge in [-0.1, -0.05) is 5.21 Å². The summed E-state index contributed by atoms with van der Waals surface area (Å²) in [7, 11) is 4.71. The minimum absolute atomic E-state index is 0.0690. The van der Waals surface area contributed by atoms with Gasteiger partial charge in [-0.3, -0.25) is 4.79 Å². The van der Waals surface area contributed by atoms with Crippen LogP contribution in [0.25, 0.3) is 0 Å². The molecule has 1 N–H and O–H groups in total. The lowest BCUT2D eigenvalue weighted by atomic mass is 10.0. The molecule has 0 spiro atoms. The molecule has 2 heterocycles. The van der Waals surface area contributed by atoms with Crippen molar-refractivity contribution in [2.75, 3.05) is 34.4 Å². The predicted molar refractivity (Wildman–Crippen MR) is 97.1 cm³/mol. The van der Waals surface area contributed by atoms with Gasteiger partial charge in [-0.05, 0) is 24.5 Å². The van der Waals surface area contributed by atoms with Crippen LogP contribution in [-0.4, -0.2) is 71.3 Å². The van der Waals surface area contributed by atoms with E-state index >= 15 is 0 Å². The topological polar surface area (TPSA) is 116 Å². The van der Waals surface area contributed by atoms with Crippen molar-refractivity contribution in [1.82, 2.24) is 19.9 Å². The van der Waals surface area contributed by atoms with Crippen LogP contribution in [0.3, 0.4) is 0 Å². The number of aromatic nitrogens is 3. The van der Waals surface area contributed by atoms with Gasteiger partial charge in [0.05, 0.1) is 27.5 Å². The molecule has 0 fully saturated rings. The van der Waals surface area contributed by atoms with Crippen LogP contribution >= 0.6 is 0 Å². The van der Waals surface area contributed by atoms with Gasteiger partial charge in [0.1, 0.15) is 6.54 Å². The molecule has 10 nitrogen and oxygen atoms in total. The van der Waals surface area contributed by atoms with Crippen molar-refractivity contribution in [2.24, 2.45) is 0 Å². The summed E-state index contributed by atoms with van der Waals surface area (Å²) in [6, 6.07) is 1.92. The Balaban J connectivity index is 1.77. The fourth-order valence-electron chi connectivity index (χ4n) is 3.34. The number of amides is 1. The van der Waals surface area contributed by atoms with E-state index in [1.807, 2.05) is 6.07 Å². The molecule has 1 amide bonds. The molecule has 0 unspecified atom stereocenters. The molecule has 28 heavy (non-hydrogen) atoms. The lowest BCUT2D eigenvalue weighted by Gasteiger charge is -2.20. The molecular formula is C18H22N4O6. The zero-order valence-corrected chi connectivity index (χ0v) is 16.0. The highest BCUT2D eigenvalue weighted by atomic mass is 16.5. The maximum absolute atomic E-state index is 12.7. The number of hydrogen-bond acceptors (Lipinski definition) is 7. The SMILES string of the molecule is COc1cc2c(c(OC)c1OC)CCN(C(=O)Cn1cc(C(=O)O)nn1)CC2. The maximum Gasteiger partial charge on any atom is 0.358 e. The summed E-state index contributed by atoms with van der Waals surface area (Å²) < 4.78 is 17.6. The van der Waals surface area contributed by atoms with Crippen molar-refractivity contribution in [2.45, 2.75) is 19.4 Å². The zero-order valence-electron chi connectivity index (χ0n) is 16.0. The van der Waals surface area contributed by atoms with Crippen LogP contribution in [0, 0.1) is 0 Å². The van der Waals surface area contributed by atoms with Crippen molar-refractivity contribution in [3.8, 4) is 17.2 Å². The number of carbonyl (C=O) groups excluding carboxylic acids is 1. The van der Waals surface area contributed by atoms with Gasteiger partial charge >= 0.3 is 5.97 Å². The normalized spacial score (nSPS) is 13.5. The van der Waals surface area contributed by atoms with Crippen molar-refractivity contribution >= 4 is 11.9 Å². The third kappa shape index (κ3) is 3.71. The number of fused-ring (bicyclic) bond motifs is 1. The van der Waals surface area contributed by atoms with Crippen LogP contribution < -0.4 is 14.2 Å². The second-order valence-corrected chi connectivity index (χ2v) is 6.27. The summed E-state index contributed by atoms with van der Waals surface area (Å²) in [6.45, 7) is 0.948. The Morgan fingerprint density at radius 3 is 2.43 bits per heavy atom. The van der Waals surface area contributed by atoms with Gasteiger partial charge in [0.15, 0.2) is 17.2 Å². The van der Waals surface area contributed by atoms with Gasteiger partial charge in [-0.25, -0.2) is 9.48 Å². The quantitative estimate of drug-likeness (QED) is 0.763. The summed E-state index contributed by atoms with van der Waals surface area (Å²) in [5.41, 5.74) is 1.84. The summed E-state index contributed by atoms with van der Waals surface area (Å²) in [5.74, 6) is 0.397. The first-order valence-corrected chi connectivity index (χ1v) is 8.70. The molecule has 2 aromatic rings. The minimum Gasteiger partial charge on any atom is -0.493 e. The van der Waals surface area contributed by atoms with Crippen molar-refractivity contribution in [3.63, 3.8) is 0 Å². The largest absolute Gasteiger partial charge is 0.493 e. The van der Waals surface area contributed by atoms with E-state index in [1.54, 1.807) is 26.2 Å². The molecule has 1 aliphatic heterocycles. The van der Waals surface area contributed by atoms with Crippen LogP contribution in [0.4, 0.5) is 0 Å². The van der Waals surface area contributed by atoms with Gasteiger partial charge in [0.2, 0.25) is 11.7 Å². The smallest absolute Gasteiger partial charge is 0.358 e. The third-order valence-electron chi connectivity index (χ3n) is 4.72. The maximum atomic E-state index is 12.7. The number of carboxylic acid groups (broad SMARTS) is 1. The highest BCUT2D eigenvalue weighted by molar-refractivity contribution is 5.84. The van der Waals surface area contributed by atoms with Gasteiger partial charge in [-0.2, -0.15) is 0 Å². The van der Waals surface area contributed by atoms with Crippen LogP contribution in [-0.2, 0) is 24.2 Å². The van der Waals surface area contributed by atoms with Crippen molar-refractivity contribution in [1.29, 1.82) is 0 Å². The van der Waals surface area contributed by atoms with Crippen molar-refractivity contribution < 1.29 is 28.9 Å². The predicted octanol–water partition coefficient (Wildman–Crippen LogP) is 0.629. The van der Waals surface area contributed by atoms with Gasteiger partial charge < -0.3 is 24.2 Å². The summed E-state index contributed by atoms with van der Waals surface area (Å²) in [5, 5.41) is 16.1. The van der Waals surface area contributed by atoms with E-state index in [4.69, 9.17) is 19.3 Å². The number of carboxylic acids is 1. The highest BCUT2D eigenvalue weighted by Gasteiger charge is 2.25. The monoisotopic (exact) mass is 390 g/mol. The molecule has 150 valence electrons. The molecule has 0 saturated carbocycles. The molecule has 0 bridgehead atoms. The summed E-state index contributed by atoms with van der Waals surface area (Å²) in [4.78, 5) is 25.3. The Kier molecular flexibility index (Phi) is 5.67. The second kappa shape index (κ2) is 8.15. The number of methoxy groups -OCH3 is 3. The van der Waals surface area contributed by atoms with Crippen LogP contribution in [0.1, 0.15) is 21.6 Å². The number of nitrogens with zero attached hydrogens (tertiary/aromatic N) is 4. The molecule has 1 aliphatic rings. The molecule has 0 saturated heterocycles. The zero-order chi connectivity index (χ0) is 20.3. The fourth-order valence-corrected chi connectivity index (χ4v) is 3.34. The Bertz CT molecular complexity index is 894. The number of hydrogen-bond donors (Lipinski definition) is 1. The van der Waals surface area contributed by atoms with E-state index in [2.05, 4.69) is 10.3 Å². The molecule has 0 radical (unpaired) electrons. The van der Waals surface area contributed by atoms with Gasteiger partial charge in [0, 0.05) is 18.7 Å². The first-order valence-electron chi connectivity index (χ1n) is 8.70. The molecule has 0 atom stereocenters. The number of aromatic carboxylic acids is 1. The average Bonchev–Trinajstić information content (AvgIpc) is 3.05. The van der Waals surface area contributed by atoms with E-state index in [9.17, 15) is 9.59 Å². The van der Waals surface area contributed by atoms with Crippen LogP contribution in [0.15, 0.2) is 12.3 Å². The molecule has 0 aliphatic carbocycles. The number of rotatable bonds is 6. The van der Waals surface area contributed by atoms with E-state index < -0.39 is 5.97 Å². The highest BCUT2D eigenvalue weighted by Crippen LogP contribution is 2.43. The van der Waals surface area contributed by atoms with Gasteiger partial charge in [0.25, 0.3) is 0 Å². The van der Waals surface area contributed by atoms with E-state index in [0.29, 0.717) is 43.2 Å². The lowest BCUT2D eigenvalue weighted by Crippen LogP contribution is -2.36. The first-order chi connectivity index (χ1) is 13.5. The van der Waals surface area contributed by atoms with E-state index in [1.165, 1.54) is 10.9 Å². The van der Waals surface area contributed by atoms with Crippen molar-refractivity contribution in [3.05, 3.63) is 29.1 Å². The van der Waals surface area contributed by atoms with Gasteiger partial charge in [-0.15, -0.1) is 5.10 Å². The Labute approximate surface area is 161 Å².